The zero-order valence-corrected chi connectivity index (χ0v) is 13.8. The lowest BCUT2D eigenvalue weighted by molar-refractivity contribution is 0.259. The van der Waals surface area contributed by atoms with Crippen LogP contribution in [0.5, 0.6) is 5.75 Å². The molecule has 1 N–H and O–H groups in total. The molecule has 0 fully saturated rings. The molecule has 0 aromatic heterocycles. The van der Waals surface area contributed by atoms with Crippen LogP contribution in [-0.4, -0.2) is 18.5 Å². The average Bonchev–Trinajstić information content (AvgIpc) is 2.35. The van der Waals surface area contributed by atoms with Crippen molar-refractivity contribution in [1.29, 1.82) is 0 Å². The Hall–Kier alpha value is -1.03. The summed E-state index contributed by atoms with van der Waals surface area (Å²) < 4.78 is 5.45. The highest BCUT2D eigenvalue weighted by Gasteiger charge is 2.25. The van der Waals surface area contributed by atoms with Crippen LogP contribution in [0, 0.1) is 0 Å². The summed E-state index contributed by atoms with van der Waals surface area (Å²) in [7, 11) is 1.67. The van der Waals surface area contributed by atoms with E-state index in [0.29, 0.717) is 12.5 Å². The predicted molar refractivity (Wildman–Crippen MR) is 82.4 cm³/mol. The molecule has 0 aliphatic carbocycles. The Balaban J connectivity index is 3.13. The van der Waals surface area contributed by atoms with E-state index in [9.17, 15) is 4.79 Å². The molecule has 3 nitrogen and oxygen atoms in total. The molecular formula is C15H22BrNO2. The summed E-state index contributed by atoms with van der Waals surface area (Å²) >= 11 is 2.89. The lowest BCUT2D eigenvalue weighted by Gasteiger charge is -2.28. The quantitative estimate of drug-likeness (QED) is 0.650. The third kappa shape index (κ3) is 4.23. The Bertz CT molecular complexity index is 455. The molecule has 0 saturated carbocycles. The molecule has 0 heterocycles. The molecule has 4 heteroatoms. The first-order chi connectivity index (χ1) is 8.77. The maximum absolute atomic E-state index is 11.0. The van der Waals surface area contributed by atoms with Crippen molar-refractivity contribution in [3.8, 4) is 5.75 Å². The number of methoxy groups -OCH3 is 1. The molecule has 0 aliphatic heterocycles. The first kappa shape index (κ1) is 16.0. The van der Waals surface area contributed by atoms with Crippen LogP contribution in [0.3, 0.4) is 0 Å². The second-order valence-corrected chi connectivity index (χ2v) is 6.35. The minimum atomic E-state index is -0.195. The molecule has 0 radical (unpaired) electrons. The summed E-state index contributed by atoms with van der Waals surface area (Å²) in [5.74, 6) is 1.32. The summed E-state index contributed by atoms with van der Waals surface area (Å²) in [6.45, 7) is 9.07. The molecule has 0 unspecified atom stereocenters. The monoisotopic (exact) mass is 327 g/mol. The molecule has 1 rings (SSSR count). The van der Waals surface area contributed by atoms with Gasteiger partial charge in [-0.2, -0.15) is 0 Å². The van der Waals surface area contributed by atoms with Crippen LogP contribution in [0.4, 0.5) is 4.79 Å². The maximum atomic E-state index is 11.0. The van der Waals surface area contributed by atoms with E-state index in [4.69, 9.17) is 4.74 Å². The van der Waals surface area contributed by atoms with Crippen molar-refractivity contribution in [2.75, 3.05) is 13.7 Å². The summed E-state index contributed by atoms with van der Waals surface area (Å²) in [4.78, 5) is 10.8. The van der Waals surface area contributed by atoms with Gasteiger partial charge < -0.3 is 10.1 Å². The molecule has 0 spiro atoms. The third-order valence-corrected chi connectivity index (χ3v) is 3.57. The Labute approximate surface area is 123 Å². The van der Waals surface area contributed by atoms with Gasteiger partial charge in [0, 0.05) is 33.5 Å². The molecule has 0 saturated heterocycles. The number of ether oxygens (including phenoxy) is 1. The van der Waals surface area contributed by atoms with Gasteiger partial charge in [-0.15, -0.1) is 0 Å². The Morgan fingerprint density at radius 3 is 2.53 bits per heavy atom. The molecule has 0 bridgehead atoms. The van der Waals surface area contributed by atoms with Crippen molar-refractivity contribution in [3.63, 3.8) is 0 Å². The van der Waals surface area contributed by atoms with E-state index in [1.807, 2.05) is 6.07 Å². The number of rotatable bonds is 5. The highest BCUT2D eigenvalue weighted by Crippen LogP contribution is 2.33. The van der Waals surface area contributed by atoms with Gasteiger partial charge in [-0.25, -0.2) is 0 Å². The van der Waals surface area contributed by atoms with Crippen LogP contribution in [0.2, 0.25) is 0 Å². The fourth-order valence-corrected chi connectivity index (χ4v) is 2.14. The lowest BCUT2D eigenvalue weighted by atomic mass is 9.82. The van der Waals surface area contributed by atoms with Crippen LogP contribution < -0.4 is 10.1 Å². The SMILES string of the molecule is COc1ccc(C(C)C)cc1C(C)(C)CNC(=O)Br. The van der Waals surface area contributed by atoms with Gasteiger partial charge in [0.15, 0.2) is 0 Å². The van der Waals surface area contributed by atoms with Crippen molar-refractivity contribution < 1.29 is 9.53 Å². The number of hydrogen-bond acceptors (Lipinski definition) is 2. The molecule has 106 valence electrons. The smallest absolute Gasteiger partial charge is 0.287 e. The van der Waals surface area contributed by atoms with Gasteiger partial charge in [-0.05, 0) is 17.5 Å². The zero-order valence-electron chi connectivity index (χ0n) is 12.2. The molecule has 1 aromatic rings. The van der Waals surface area contributed by atoms with E-state index < -0.39 is 0 Å². The van der Waals surface area contributed by atoms with Gasteiger partial charge >= 0.3 is 0 Å². The first-order valence-corrected chi connectivity index (χ1v) is 7.19. The number of carbonyl (C=O) groups excluding carboxylic acids is 1. The normalized spacial score (nSPS) is 11.5. The van der Waals surface area contributed by atoms with Crippen molar-refractivity contribution in [1.82, 2.24) is 5.32 Å². The fraction of sp³-hybridized carbons (Fsp3) is 0.533. The van der Waals surface area contributed by atoms with Gasteiger partial charge in [0.05, 0.1) is 7.11 Å². The van der Waals surface area contributed by atoms with E-state index >= 15 is 0 Å². The van der Waals surface area contributed by atoms with Crippen molar-refractivity contribution >= 4 is 20.7 Å². The van der Waals surface area contributed by atoms with Gasteiger partial charge in [0.25, 0.3) is 4.82 Å². The van der Waals surface area contributed by atoms with Crippen molar-refractivity contribution in [3.05, 3.63) is 29.3 Å². The van der Waals surface area contributed by atoms with E-state index in [2.05, 4.69) is 61.1 Å². The number of amides is 1. The molecule has 19 heavy (non-hydrogen) atoms. The van der Waals surface area contributed by atoms with Gasteiger partial charge in [-0.1, -0.05) is 39.8 Å². The van der Waals surface area contributed by atoms with Gasteiger partial charge in [-0.3, -0.25) is 4.79 Å². The van der Waals surface area contributed by atoms with Gasteiger partial charge in [0.2, 0.25) is 0 Å². The summed E-state index contributed by atoms with van der Waals surface area (Å²) in [5, 5.41) is 2.81. The van der Waals surface area contributed by atoms with E-state index in [1.165, 1.54) is 5.56 Å². The van der Waals surface area contributed by atoms with Crippen LogP contribution in [0.15, 0.2) is 18.2 Å². The van der Waals surface area contributed by atoms with E-state index in [0.717, 1.165) is 11.3 Å². The van der Waals surface area contributed by atoms with Crippen LogP contribution in [0.1, 0.15) is 44.7 Å². The van der Waals surface area contributed by atoms with E-state index in [-0.39, 0.29) is 10.2 Å². The predicted octanol–water partition coefficient (Wildman–Crippen LogP) is 4.20. The molecule has 1 amide bonds. The first-order valence-electron chi connectivity index (χ1n) is 6.39. The Kier molecular flexibility index (Phi) is 5.41. The summed E-state index contributed by atoms with van der Waals surface area (Å²) in [6, 6.07) is 6.26. The van der Waals surface area contributed by atoms with Crippen molar-refractivity contribution in [2.24, 2.45) is 0 Å². The molecular weight excluding hydrogens is 306 g/mol. The highest BCUT2D eigenvalue weighted by molar-refractivity contribution is 9.18. The van der Waals surface area contributed by atoms with Crippen molar-refractivity contribution in [2.45, 2.75) is 39.0 Å². The largest absolute Gasteiger partial charge is 0.496 e. The third-order valence-electron chi connectivity index (χ3n) is 3.29. The van der Waals surface area contributed by atoms with Crippen LogP contribution >= 0.6 is 15.9 Å². The standard InChI is InChI=1S/C15H22BrNO2/c1-10(2)11-6-7-13(19-5)12(8-11)15(3,4)9-17-14(16)18/h6-8,10H,9H2,1-5H3,(H,17,18). The Morgan fingerprint density at radius 2 is 2.05 bits per heavy atom. The number of halogens is 1. The minimum absolute atomic E-state index is 0.195. The number of nitrogens with one attached hydrogen (secondary N) is 1. The highest BCUT2D eigenvalue weighted by atomic mass is 79.9. The van der Waals surface area contributed by atoms with Crippen LogP contribution in [0.25, 0.3) is 0 Å². The van der Waals surface area contributed by atoms with E-state index in [1.54, 1.807) is 7.11 Å². The van der Waals surface area contributed by atoms with Gasteiger partial charge in [0.1, 0.15) is 5.75 Å². The maximum Gasteiger partial charge on any atom is 0.287 e. The molecule has 0 atom stereocenters. The second kappa shape index (κ2) is 6.42. The molecule has 1 aromatic carbocycles. The second-order valence-electron chi connectivity index (χ2n) is 5.63. The average molecular weight is 328 g/mol. The van der Waals surface area contributed by atoms with Crippen LogP contribution in [-0.2, 0) is 5.41 Å². The fourth-order valence-electron chi connectivity index (χ4n) is 2.00. The number of benzene rings is 1. The lowest BCUT2D eigenvalue weighted by Crippen LogP contribution is -2.34. The summed E-state index contributed by atoms with van der Waals surface area (Å²) in [5.41, 5.74) is 2.19. The topological polar surface area (TPSA) is 38.3 Å². The minimum Gasteiger partial charge on any atom is -0.496 e. The number of carbonyl (C=O) groups is 1. The zero-order chi connectivity index (χ0) is 14.6. The Morgan fingerprint density at radius 1 is 1.42 bits per heavy atom. The number of hydrogen-bond donors (Lipinski definition) is 1. The summed E-state index contributed by atoms with van der Waals surface area (Å²) in [6.07, 6.45) is 0. The molecule has 0 aliphatic rings.